The van der Waals surface area contributed by atoms with Gasteiger partial charge in [0.05, 0.1) is 0 Å². The van der Waals surface area contributed by atoms with E-state index in [1.165, 1.54) is 18.7 Å². The molecule has 0 radical (unpaired) electrons. The fourth-order valence-corrected chi connectivity index (χ4v) is 2.30. The molecule has 12 heavy (non-hydrogen) atoms. The number of nitrogens with zero attached hydrogens (tertiary/aromatic N) is 1. The van der Waals surface area contributed by atoms with Gasteiger partial charge in [-0.05, 0) is 5.56 Å². The minimum absolute atomic E-state index is 0.723. The molecule has 1 aromatic carbocycles. The van der Waals surface area contributed by atoms with E-state index in [0.29, 0.717) is 0 Å². The number of alkyl halides is 1. The molecule has 0 amide bonds. The number of likely N-dealkylation sites (tertiary alicyclic amines) is 1. The van der Waals surface area contributed by atoms with E-state index in [2.05, 4.69) is 51.2 Å². The third-order valence-electron chi connectivity index (χ3n) is 2.16. The SMILES string of the molecule is BrC1CN(Cc2ccccc2)C1. The van der Waals surface area contributed by atoms with Gasteiger partial charge in [-0.25, -0.2) is 0 Å². The lowest BCUT2D eigenvalue weighted by Gasteiger charge is -2.35. The molecule has 1 aliphatic heterocycles. The molecule has 0 aliphatic carbocycles. The Morgan fingerprint density at radius 2 is 1.92 bits per heavy atom. The highest BCUT2D eigenvalue weighted by Crippen LogP contribution is 2.18. The van der Waals surface area contributed by atoms with E-state index in [4.69, 9.17) is 0 Å². The molecule has 1 aromatic rings. The highest BCUT2D eigenvalue weighted by atomic mass is 79.9. The first-order chi connectivity index (χ1) is 5.84. The van der Waals surface area contributed by atoms with Crippen molar-refractivity contribution in [3.8, 4) is 0 Å². The Balaban J connectivity index is 1.88. The first-order valence-electron chi connectivity index (χ1n) is 4.25. The van der Waals surface area contributed by atoms with Crippen LogP contribution in [0.3, 0.4) is 0 Å². The first-order valence-corrected chi connectivity index (χ1v) is 5.16. The molecule has 0 bridgehead atoms. The van der Waals surface area contributed by atoms with E-state index in [0.717, 1.165) is 11.4 Å². The number of halogens is 1. The standard InChI is InChI=1S/C10H12BrN/c11-10-7-12(8-10)6-9-4-2-1-3-5-9/h1-5,10H,6-8H2. The summed E-state index contributed by atoms with van der Waals surface area (Å²) in [4.78, 5) is 3.16. The quantitative estimate of drug-likeness (QED) is 0.699. The van der Waals surface area contributed by atoms with E-state index in [1.807, 2.05) is 0 Å². The molecule has 1 nitrogen and oxygen atoms in total. The Bertz CT molecular complexity index is 241. The van der Waals surface area contributed by atoms with Crippen LogP contribution >= 0.6 is 15.9 Å². The molecule has 1 heterocycles. The van der Waals surface area contributed by atoms with E-state index in [9.17, 15) is 0 Å². The first kappa shape index (κ1) is 8.27. The van der Waals surface area contributed by atoms with Crippen LogP contribution in [0.2, 0.25) is 0 Å². The fourth-order valence-electron chi connectivity index (χ4n) is 1.48. The van der Waals surface area contributed by atoms with Gasteiger partial charge in [-0.1, -0.05) is 46.3 Å². The molecule has 0 N–H and O–H groups in total. The molecule has 2 heteroatoms. The topological polar surface area (TPSA) is 3.24 Å². The van der Waals surface area contributed by atoms with Crippen molar-refractivity contribution in [2.24, 2.45) is 0 Å². The van der Waals surface area contributed by atoms with Gasteiger partial charge in [0.1, 0.15) is 0 Å². The van der Waals surface area contributed by atoms with Crippen LogP contribution in [0.5, 0.6) is 0 Å². The van der Waals surface area contributed by atoms with Crippen LogP contribution in [-0.2, 0) is 6.54 Å². The minimum atomic E-state index is 0.723. The summed E-state index contributed by atoms with van der Waals surface area (Å²) in [7, 11) is 0. The monoisotopic (exact) mass is 225 g/mol. The fraction of sp³-hybridized carbons (Fsp3) is 0.400. The van der Waals surface area contributed by atoms with Crippen molar-refractivity contribution in [1.29, 1.82) is 0 Å². The van der Waals surface area contributed by atoms with E-state index < -0.39 is 0 Å². The van der Waals surface area contributed by atoms with Gasteiger partial charge in [0.25, 0.3) is 0 Å². The van der Waals surface area contributed by atoms with Gasteiger partial charge < -0.3 is 0 Å². The smallest absolute Gasteiger partial charge is 0.0400 e. The summed E-state index contributed by atoms with van der Waals surface area (Å²) < 4.78 is 0. The second-order valence-corrected chi connectivity index (χ2v) is 4.57. The van der Waals surface area contributed by atoms with Crippen LogP contribution in [0.1, 0.15) is 5.56 Å². The molecular weight excluding hydrogens is 214 g/mol. The number of hydrogen-bond acceptors (Lipinski definition) is 1. The van der Waals surface area contributed by atoms with Crippen molar-refractivity contribution in [1.82, 2.24) is 4.90 Å². The number of hydrogen-bond donors (Lipinski definition) is 0. The maximum absolute atomic E-state index is 3.57. The van der Waals surface area contributed by atoms with Crippen molar-refractivity contribution in [2.45, 2.75) is 11.4 Å². The average Bonchev–Trinajstić information content (AvgIpc) is 2.04. The summed E-state index contributed by atoms with van der Waals surface area (Å²) in [6.45, 7) is 3.48. The summed E-state index contributed by atoms with van der Waals surface area (Å²) >= 11 is 3.57. The van der Waals surface area contributed by atoms with E-state index in [-0.39, 0.29) is 0 Å². The molecule has 0 unspecified atom stereocenters. The predicted molar refractivity (Wildman–Crippen MR) is 54.4 cm³/mol. The van der Waals surface area contributed by atoms with Gasteiger partial charge in [-0.15, -0.1) is 0 Å². The highest BCUT2D eigenvalue weighted by Gasteiger charge is 2.23. The Hall–Kier alpha value is -0.340. The van der Waals surface area contributed by atoms with Crippen LogP contribution in [0.15, 0.2) is 30.3 Å². The summed E-state index contributed by atoms with van der Waals surface area (Å²) in [5.74, 6) is 0. The Morgan fingerprint density at radius 1 is 1.25 bits per heavy atom. The molecule has 0 saturated carbocycles. The van der Waals surface area contributed by atoms with Crippen LogP contribution in [-0.4, -0.2) is 22.8 Å². The molecule has 64 valence electrons. The van der Waals surface area contributed by atoms with Gasteiger partial charge in [-0.3, -0.25) is 4.90 Å². The van der Waals surface area contributed by atoms with Gasteiger partial charge in [0, 0.05) is 24.5 Å². The second-order valence-electron chi connectivity index (χ2n) is 3.28. The zero-order valence-corrected chi connectivity index (χ0v) is 8.50. The van der Waals surface area contributed by atoms with E-state index >= 15 is 0 Å². The lowest BCUT2D eigenvalue weighted by molar-refractivity contribution is 0.185. The number of rotatable bonds is 2. The maximum Gasteiger partial charge on any atom is 0.0400 e. The molecule has 0 atom stereocenters. The van der Waals surface area contributed by atoms with Crippen molar-refractivity contribution in [3.63, 3.8) is 0 Å². The van der Waals surface area contributed by atoms with Gasteiger partial charge >= 0.3 is 0 Å². The Morgan fingerprint density at radius 3 is 2.50 bits per heavy atom. The van der Waals surface area contributed by atoms with E-state index in [1.54, 1.807) is 0 Å². The summed E-state index contributed by atoms with van der Waals surface area (Å²) in [5, 5.41) is 0. The van der Waals surface area contributed by atoms with Crippen LogP contribution in [0.25, 0.3) is 0 Å². The summed E-state index contributed by atoms with van der Waals surface area (Å²) in [6, 6.07) is 10.6. The molecule has 1 saturated heterocycles. The lowest BCUT2D eigenvalue weighted by atomic mass is 10.1. The summed E-state index contributed by atoms with van der Waals surface area (Å²) in [6.07, 6.45) is 0. The predicted octanol–water partition coefficient (Wildman–Crippen LogP) is 2.27. The highest BCUT2D eigenvalue weighted by molar-refractivity contribution is 9.09. The summed E-state index contributed by atoms with van der Waals surface area (Å²) in [5.41, 5.74) is 1.41. The zero-order chi connectivity index (χ0) is 8.39. The Labute approximate surface area is 81.5 Å². The lowest BCUT2D eigenvalue weighted by Crippen LogP contribution is -2.46. The van der Waals surface area contributed by atoms with Gasteiger partial charge in [0.2, 0.25) is 0 Å². The zero-order valence-electron chi connectivity index (χ0n) is 6.91. The minimum Gasteiger partial charge on any atom is -0.297 e. The largest absolute Gasteiger partial charge is 0.297 e. The number of benzene rings is 1. The third kappa shape index (κ3) is 1.87. The molecule has 2 rings (SSSR count). The van der Waals surface area contributed by atoms with Crippen molar-refractivity contribution in [3.05, 3.63) is 35.9 Å². The van der Waals surface area contributed by atoms with Crippen LogP contribution in [0, 0.1) is 0 Å². The molecule has 0 aromatic heterocycles. The average molecular weight is 226 g/mol. The molecular formula is C10H12BrN. The molecule has 0 spiro atoms. The maximum atomic E-state index is 3.57. The molecule has 1 aliphatic rings. The van der Waals surface area contributed by atoms with Crippen molar-refractivity contribution < 1.29 is 0 Å². The van der Waals surface area contributed by atoms with Gasteiger partial charge in [-0.2, -0.15) is 0 Å². The third-order valence-corrected chi connectivity index (χ3v) is 2.74. The normalized spacial score (nSPS) is 19.1. The Kier molecular flexibility index (Phi) is 2.47. The van der Waals surface area contributed by atoms with Gasteiger partial charge in [0.15, 0.2) is 0 Å². The van der Waals surface area contributed by atoms with Crippen molar-refractivity contribution in [2.75, 3.05) is 13.1 Å². The van der Waals surface area contributed by atoms with Crippen molar-refractivity contribution >= 4 is 15.9 Å². The second kappa shape index (κ2) is 3.58. The van der Waals surface area contributed by atoms with Crippen LogP contribution in [0.4, 0.5) is 0 Å². The molecule has 1 fully saturated rings. The van der Waals surface area contributed by atoms with Crippen LogP contribution < -0.4 is 0 Å².